The lowest BCUT2D eigenvalue weighted by Gasteiger charge is -2.16. The van der Waals surface area contributed by atoms with Crippen LogP contribution in [0.25, 0.3) is 22.2 Å². The number of aryl methyl sites for hydroxylation is 2. The summed E-state index contributed by atoms with van der Waals surface area (Å²) in [6, 6.07) is 16.1. The Morgan fingerprint density at radius 1 is 1.10 bits per heavy atom. The molecule has 2 aromatic carbocycles. The number of benzene rings is 2. The highest BCUT2D eigenvalue weighted by Crippen LogP contribution is 2.29. The molecule has 0 aliphatic carbocycles. The molecule has 2 aromatic heterocycles. The second-order valence-electron chi connectivity index (χ2n) is 7.20. The quantitative estimate of drug-likeness (QED) is 0.186. The van der Waals surface area contributed by atoms with Crippen LogP contribution in [0, 0.1) is 13.8 Å². The van der Waals surface area contributed by atoms with Gasteiger partial charge in [0.2, 0.25) is 0 Å². The third-order valence-electron chi connectivity index (χ3n) is 4.92. The van der Waals surface area contributed by atoms with Gasteiger partial charge < -0.3 is 15.2 Å². The Labute approximate surface area is 175 Å². The molecule has 0 saturated carbocycles. The van der Waals surface area contributed by atoms with Crippen LogP contribution in [0.3, 0.4) is 0 Å². The van der Waals surface area contributed by atoms with Crippen LogP contribution in [0.1, 0.15) is 29.9 Å². The van der Waals surface area contributed by atoms with E-state index >= 15 is 0 Å². The van der Waals surface area contributed by atoms with Crippen LogP contribution >= 0.6 is 0 Å². The largest absolute Gasteiger partial charge is 0.464 e. The average molecular weight is 400 g/mol. The van der Waals surface area contributed by atoms with Crippen LogP contribution < -0.4 is 16.6 Å². The van der Waals surface area contributed by atoms with Gasteiger partial charge in [0.15, 0.2) is 0 Å². The smallest absolute Gasteiger partial charge is 0.134 e. The van der Waals surface area contributed by atoms with Crippen LogP contribution in [-0.2, 0) is 0 Å². The number of aliphatic imine (C=N–C) groups is 1. The zero-order valence-electron chi connectivity index (χ0n) is 17.2. The van der Waals surface area contributed by atoms with E-state index in [1.807, 2.05) is 50.2 Å². The van der Waals surface area contributed by atoms with Gasteiger partial charge in [-0.3, -0.25) is 0 Å². The number of aromatic nitrogens is 2. The van der Waals surface area contributed by atoms with E-state index in [2.05, 4.69) is 44.8 Å². The van der Waals surface area contributed by atoms with Crippen molar-refractivity contribution in [2.24, 2.45) is 10.8 Å². The highest BCUT2D eigenvalue weighted by atomic mass is 16.3. The second kappa shape index (κ2) is 8.34. The standard InChI is InChI=1S/C23H24N6O/c1-14-12-30-22-8-7-18(10-20(14)22)21-11-23(29-16(3)28-21)27-15(2)17-5-4-6-19(9-17)25-13-26-24/h4-13,15H,24H2,1-3H3,(H,25,26)(H,27,28,29). The molecule has 0 fully saturated rings. The molecule has 1 unspecified atom stereocenters. The number of nitrogens with two attached hydrogens (primary N) is 1. The Bertz CT molecular complexity index is 1210. The molecule has 2 heterocycles. The summed E-state index contributed by atoms with van der Waals surface area (Å²) in [5.41, 5.74) is 8.21. The summed E-state index contributed by atoms with van der Waals surface area (Å²) in [6.07, 6.45) is 3.23. The summed E-state index contributed by atoms with van der Waals surface area (Å²) in [7, 11) is 0. The average Bonchev–Trinajstić information content (AvgIpc) is 3.12. The molecular formula is C23H24N6O. The number of hydrogen-bond donors (Lipinski definition) is 3. The van der Waals surface area contributed by atoms with Crippen molar-refractivity contribution < 1.29 is 4.42 Å². The lowest BCUT2D eigenvalue weighted by Crippen LogP contribution is -2.18. The fourth-order valence-electron chi connectivity index (χ4n) is 3.40. The molecular weight excluding hydrogens is 376 g/mol. The molecule has 0 bridgehead atoms. The van der Waals surface area contributed by atoms with E-state index < -0.39 is 0 Å². The molecule has 4 N–H and O–H groups in total. The molecule has 7 heteroatoms. The number of nitrogens with one attached hydrogen (secondary N) is 2. The van der Waals surface area contributed by atoms with Gasteiger partial charge >= 0.3 is 0 Å². The molecule has 4 rings (SSSR count). The highest BCUT2D eigenvalue weighted by Gasteiger charge is 2.11. The van der Waals surface area contributed by atoms with Gasteiger partial charge in [0.25, 0.3) is 0 Å². The first kappa shape index (κ1) is 19.6. The Morgan fingerprint density at radius 3 is 2.80 bits per heavy atom. The van der Waals surface area contributed by atoms with Crippen molar-refractivity contribution in [1.29, 1.82) is 0 Å². The van der Waals surface area contributed by atoms with Gasteiger partial charge in [-0.1, -0.05) is 12.1 Å². The molecule has 30 heavy (non-hydrogen) atoms. The zero-order valence-corrected chi connectivity index (χ0v) is 17.2. The topological polar surface area (TPSA) is 101 Å². The first-order valence-corrected chi connectivity index (χ1v) is 9.72. The monoisotopic (exact) mass is 400 g/mol. The van der Waals surface area contributed by atoms with Crippen molar-refractivity contribution in [3.63, 3.8) is 0 Å². The van der Waals surface area contributed by atoms with E-state index in [-0.39, 0.29) is 6.04 Å². The number of anilines is 1. The molecule has 0 radical (unpaired) electrons. The van der Waals surface area contributed by atoms with E-state index in [9.17, 15) is 0 Å². The Hall–Kier alpha value is -3.71. The van der Waals surface area contributed by atoms with Crippen molar-refractivity contribution in [1.82, 2.24) is 15.4 Å². The normalized spacial score (nSPS) is 12.4. The summed E-state index contributed by atoms with van der Waals surface area (Å²) in [6.45, 7) is 6.02. The van der Waals surface area contributed by atoms with Crippen LogP contribution in [0.4, 0.5) is 11.5 Å². The van der Waals surface area contributed by atoms with Gasteiger partial charge in [-0.2, -0.15) is 0 Å². The van der Waals surface area contributed by atoms with E-state index in [4.69, 9.17) is 10.3 Å². The fourth-order valence-corrected chi connectivity index (χ4v) is 3.40. The minimum Gasteiger partial charge on any atom is -0.464 e. The number of fused-ring (bicyclic) bond motifs is 1. The van der Waals surface area contributed by atoms with Crippen molar-refractivity contribution in [2.75, 3.05) is 5.32 Å². The molecule has 4 aromatic rings. The lowest BCUT2D eigenvalue weighted by atomic mass is 10.1. The Balaban J connectivity index is 1.61. The predicted octanol–water partition coefficient (Wildman–Crippen LogP) is 4.80. The van der Waals surface area contributed by atoms with Gasteiger partial charge in [-0.15, -0.1) is 0 Å². The molecule has 1 atom stereocenters. The van der Waals surface area contributed by atoms with Gasteiger partial charge in [0, 0.05) is 17.0 Å². The SMILES string of the molecule is Cc1nc(NC(C)c2cccc(N=CNN)c2)cc(-c2ccc3occ(C)c3c2)n1. The second-order valence-corrected chi connectivity index (χ2v) is 7.20. The molecule has 7 nitrogen and oxygen atoms in total. The highest BCUT2D eigenvalue weighted by molar-refractivity contribution is 5.85. The number of hydrogen-bond acceptors (Lipinski definition) is 6. The van der Waals surface area contributed by atoms with Crippen LogP contribution in [0.15, 0.2) is 64.2 Å². The predicted molar refractivity (Wildman–Crippen MR) is 121 cm³/mol. The van der Waals surface area contributed by atoms with Crippen molar-refractivity contribution >= 4 is 28.8 Å². The summed E-state index contributed by atoms with van der Waals surface area (Å²) in [5.74, 6) is 6.73. The summed E-state index contributed by atoms with van der Waals surface area (Å²) >= 11 is 0. The maximum absolute atomic E-state index is 5.56. The van der Waals surface area contributed by atoms with Crippen molar-refractivity contribution in [3.8, 4) is 11.3 Å². The maximum Gasteiger partial charge on any atom is 0.134 e. The van der Waals surface area contributed by atoms with Crippen LogP contribution in [-0.4, -0.2) is 16.3 Å². The van der Waals surface area contributed by atoms with Gasteiger partial charge in [-0.05, 0) is 62.2 Å². The van der Waals surface area contributed by atoms with E-state index in [0.29, 0.717) is 5.82 Å². The molecule has 0 spiro atoms. The maximum atomic E-state index is 5.56. The van der Waals surface area contributed by atoms with E-state index in [1.165, 1.54) is 6.34 Å². The van der Waals surface area contributed by atoms with Gasteiger partial charge in [-0.25, -0.2) is 20.8 Å². The minimum atomic E-state index is 0.0340. The number of furan rings is 1. The summed E-state index contributed by atoms with van der Waals surface area (Å²) in [4.78, 5) is 13.5. The van der Waals surface area contributed by atoms with E-state index in [1.54, 1.807) is 6.26 Å². The lowest BCUT2D eigenvalue weighted by molar-refractivity contribution is 0.613. The minimum absolute atomic E-state index is 0.0340. The first-order chi connectivity index (χ1) is 14.5. The van der Waals surface area contributed by atoms with Crippen LogP contribution in [0.5, 0.6) is 0 Å². The fraction of sp³-hybridized carbons (Fsp3) is 0.174. The number of hydrazine groups is 1. The van der Waals surface area contributed by atoms with Crippen molar-refractivity contribution in [2.45, 2.75) is 26.8 Å². The number of rotatable bonds is 6. The third kappa shape index (κ3) is 4.16. The molecule has 152 valence electrons. The summed E-state index contributed by atoms with van der Waals surface area (Å²) < 4.78 is 5.56. The van der Waals surface area contributed by atoms with Gasteiger partial charge in [0.05, 0.1) is 23.7 Å². The van der Waals surface area contributed by atoms with E-state index in [0.717, 1.165) is 44.9 Å². The van der Waals surface area contributed by atoms with Crippen LogP contribution in [0.2, 0.25) is 0 Å². The zero-order chi connectivity index (χ0) is 21.1. The molecule has 0 aliphatic heterocycles. The molecule has 0 amide bonds. The molecule has 0 aliphatic rings. The molecule has 0 saturated heterocycles. The van der Waals surface area contributed by atoms with Gasteiger partial charge in [0.1, 0.15) is 23.6 Å². The summed E-state index contributed by atoms with van der Waals surface area (Å²) in [5, 5.41) is 4.57. The third-order valence-corrected chi connectivity index (χ3v) is 4.92. The Kier molecular flexibility index (Phi) is 5.45. The first-order valence-electron chi connectivity index (χ1n) is 9.72. The van der Waals surface area contributed by atoms with Crippen molar-refractivity contribution in [3.05, 3.63) is 71.7 Å². The Morgan fingerprint density at radius 2 is 1.97 bits per heavy atom. The number of nitrogens with zero attached hydrogens (tertiary/aromatic N) is 3.